The van der Waals surface area contributed by atoms with Crippen LogP contribution < -0.4 is 4.74 Å². The Kier molecular flexibility index (Phi) is 3.81. The molecule has 0 atom stereocenters. The number of carbonyl (C=O) groups excluding carboxylic acids is 1. The van der Waals surface area contributed by atoms with Crippen LogP contribution in [0.2, 0.25) is 5.02 Å². The average Bonchev–Trinajstić information content (AvgIpc) is 2.49. The second kappa shape index (κ2) is 5.58. The lowest BCUT2D eigenvalue weighted by Gasteiger charge is -2.19. The summed E-state index contributed by atoms with van der Waals surface area (Å²) in [4.78, 5) is 12.6. The lowest BCUT2D eigenvalue weighted by Crippen LogP contribution is -2.13. The van der Waals surface area contributed by atoms with Gasteiger partial charge in [0.1, 0.15) is 5.75 Å². The molecule has 0 N–H and O–H groups in total. The number of halogens is 2. The maximum atomic E-state index is 12.6. The van der Waals surface area contributed by atoms with Gasteiger partial charge in [-0.25, -0.2) is 0 Å². The minimum Gasteiger partial charge on any atom is -0.493 e. The first-order valence-electron chi connectivity index (χ1n) is 6.41. The van der Waals surface area contributed by atoms with Crippen LogP contribution in [0.1, 0.15) is 27.9 Å². The van der Waals surface area contributed by atoms with E-state index in [2.05, 4.69) is 15.9 Å². The Morgan fingerprint density at radius 2 is 2.10 bits per heavy atom. The van der Waals surface area contributed by atoms with E-state index in [0.717, 1.165) is 28.6 Å². The van der Waals surface area contributed by atoms with Gasteiger partial charge in [0.2, 0.25) is 0 Å². The van der Waals surface area contributed by atoms with Gasteiger partial charge >= 0.3 is 0 Å². The van der Waals surface area contributed by atoms with Gasteiger partial charge in [0, 0.05) is 10.0 Å². The van der Waals surface area contributed by atoms with E-state index in [9.17, 15) is 4.79 Å². The van der Waals surface area contributed by atoms with Crippen molar-refractivity contribution in [2.45, 2.75) is 12.8 Å². The summed E-state index contributed by atoms with van der Waals surface area (Å²) in [6.45, 7) is 0.668. The maximum Gasteiger partial charge on any atom is 0.196 e. The van der Waals surface area contributed by atoms with Crippen molar-refractivity contribution in [3.05, 3.63) is 62.6 Å². The molecule has 2 nitrogen and oxygen atoms in total. The monoisotopic (exact) mass is 350 g/mol. The van der Waals surface area contributed by atoms with Crippen molar-refractivity contribution in [2.75, 3.05) is 6.61 Å². The van der Waals surface area contributed by atoms with Gasteiger partial charge in [-0.3, -0.25) is 4.79 Å². The SMILES string of the molecule is O=C(c1ccc(Cl)c(Br)c1)c1cccc2c1OCCC2. The predicted octanol–water partition coefficient (Wildman–Crippen LogP) is 4.66. The zero-order chi connectivity index (χ0) is 14.1. The van der Waals surface area contributed by atoms with Gasteiger partial charge in [-0.1, -0.05) is 23.7 Å². The van der Waals surface area contributed by atoms with Crippen LogP contribution in [0.3, 0.4) is 0 Å². The molecule has 1 heterocycles. The molecule has 3 rings (SSSR count). The third-order valence-corrected chi connectivity index (χ3v) is 4.57. The zero-order valence-electron chi connectivity index (χ0n) is 10.7. The van der Waals surface area contributed by atoms with Crippen molar-refractivity contribution in [1.29, 1.82) is 0 Å². The van der Waals surface area contributed by atoms with Crippen LogP contribution in [-0.2, 0) is 6.42 Å². The van der Waals surface area contributed by atoms with E-state index >= 15 is 0 Å². The highest BCUT2D eigenvalue weighted by Gasteiger charge is 2.20. The Balaban J connectivity index is 2.04. The summed E-state index contributed by atoms with van der Waals surface area (Å²) in [6.07, 6.45) is 1.96. The first kappa shape index (κ1) is 13.7. The third-order valence-electron chi connectivity index (χ3n) is 3.36. The molecular weight excluding hydrogens is 340 g/mol. The maximum absolute atomic E-state index is 12.6. The molecule has 2 aromatic rings. The lowest BCUT2D eigenvalue weighted by atomic mass is 9.97. The number of hydrogen-bond donors (Lipinski definition) is 0. The highest BCUT2D eigenvalue weighted by atomic mass is 79.9. The van der Waals surface area contributed by atoms with Crippen molar-refractivity contribution in [1.82, 2.24) is 0 Å². The Hall–Kier alpha value is -1.32. The normalized spacial score (nSPS) is 13.5. The number of fused-ring (bicyclic) bond motifs is 1. The summed E-state index contributed by atoms with van der Waals surface area (Å²) < 4.78 is 6.41. The molecule has 1 aliphatic heterocycles. The summed E-state index contributed by atoms with van der Waals surface area (Å²) in [5.74, 6) is 0.691. The predicted molar refractivity (Wildman–Crippen MR) is 82.8 cm³/mol. The molecule has 4 heteroatoms. The highest BCUT2D eigenvalue weighted by molar-refractivity contribution is 9.10. The molecule has 102 valence electrons. The lowest BCUT2D eigenvalue weighted by molar-refractivity contribution is 0.103. The molecule has 0 unspecified atom stereocenters. The van der Waals surface area contributed by atoms with Gasteiger partial charge in [-0.15, -0.1) is 0 Å². The average molecular weight is 352 g/mol. The van der Waals surface area contributed by atoms with Gasteiger partial charge in [-0.2, -0.15) is 0 Å². The topological polar surface area (TPSA) is 26.3 Å². The Labute approximate surface area is 130 Å². The zero-order valence-corrected chi connectivity index (χ0v) is 13.0. The molecule has 1 aliphatic rings. The molecule has 20 heavy (non-hydrogen) atoms. The molecule has 0 saturated heterocycles. The van der Waals surface area contributed by atoms with Gasteiger partial charge in [-0.05, 0) is 58.6 Å². The minimum absolute atomic E-state index is 0.0406. The van der Waals surface area contributed by atoms with Gasteiger partial charge < -0.3 is 4.74 Å². The summed E-state index contributed by atoms with van der Waals surface area (Å²) >= 11 is 9.31. The van der Waals surface area contributed by atoms with Gasteiger partial charge in [0.05, 0.1) is 17.2 Å². The van der Waals surface area contributed by atoms with Crippen molar-refractivity contribution in [3.8, 4) is 5.75 Å². The number of ketones is 1. The van der Waals surface area contributed by atoms with Crippen molar-refractivity contribution in [2.24, 2.45) is 0 Å². The van der Waals surface area contributed by atoms with Crippen LogP contribution in [0.5, 0.6) is 5.75 Å². The second-order valence-corrected chi connectivity index (χ2v) is 5.97. The van der Waals surface area contributed by atoms with Crippen LogP contribution in [-0.4, -0.2) is 12.4 Å². The van der Waals surface area contributed by atoms with Crippen LogP contribution in [0.4, 0.5) is 0 Å². The minimum atomic E-state index is -0.0406. The number of aryl methyl sites for hydroxylation is 1. The smallest absolute Gasteiger partial charge is 0.196 e. The third kappa shape index (κ3) is 2.48. The van der Waals surface area contributed by atoms with E-state index in [-0.39, 0.29) is 5.78 Å². The first-order valence-corrected chi connectivity index (χ1v) is 7.58. The van der Waals surface area contributed by atoms with Crippen molar-refractivity contribution >= 4 is 33.3 Å². The number of carbonyl (C=O) groups is 1. The van der Waals surface area contributed by atoms with E-state index in [1.165, 1.54) is 0 Å². The molecule has 0 aromatic heterocycles. The molecule has 0 spiro atoms. The molecule has 0 radical (unpaired) electrons. The van der Waals surface area contributed by atoms with Gasteiger partial charge in [0.15, 0.2) is 5.78 Å². The van der Waals surface area contributed by atoms with E-state index in [4.69, 9.17) is 16.3 Å². The Morgan fingerprint density at radius 3 is 2.90 bits per heavy atom. The quantitative estimate of drug-likeness (QED) is 0.736. The number of benzene rings is 2. The molecule has 0 aliphatic carbocycles. The molecule has 0 saturated carbocycles. The van der Waals surface area contributed by atoms with Gasteiger partial charge in [0.25, 0.3) is 0 Å². The van der Waals surface area contributed by atoms with Crippen molar-refractivity contribution < 1.29 is 9.53 Å². The van der Waals surface area contributed by atoms with E-state index in [1.54, 1.807) is 18.2 Å². The molecule has 0 fully saturated rings. The summed E-state index contributed by atoms with van der Waals surface area (Å²) in [5, 5.41) is 0.591. The highest BCUT2D eigenvalue weighted by Crippen LogP contribution is 2.31. The largest absolute Gasteiger partial charge is 0.493 e. The Bertz CT molecular complexity index is 682. The number of hydrogen-bond acceptors (Lipinski definition) is 2. The Morgan fingerprint density at radius 1 is 1.25 bits per heavy atom. The molecule has 0 amide bonds. The standard InChI is InChI=1S/C16H12BrClO2/c17-13-9-11(6-7-14(13)18)15(19)12-5-1-3-10-4-2-8-20-16(10)12/h1,3,5-7,9H,2,4,8H2. The fraction of sp³-hybridized carbons (Fsp3) is 0.188. The van der Waals surface area contributed by atoms with Crippen LogP contribution >= 0.6 is 27.5 Å². The number of rotatable bonds is 2. The second-order valence-electron chi connectivity index (χ2n) is 4.70. The first-order chi connectivity index (χ1) is 9.66. The van der Waals surface area contributed by atoms with Crippen LogP contribution in [0, 0.1) is 0 Å². The molecule has 0 bridgehead atoms. The number of ether oxygens (including phenoxy) is 1. The molecule has 2 aromatic carbocycles. The summed E-state index contributed by atoms with van der Waals surface area (Å²) in [6, 6.07) is 10.9. The molecular formula is C16H12BrClO2. The summed E-state index contributed by atoms with van der Waals surface area (Å²) in [7, 11) is 0. The van der Waals surface area contributed by atoms with Crippen LogP contribution in [0.25, 0.3) is 0 Å². The van der Waals surface area contributed by atoms with E-state index in [1.807, 2.05) is 18.2 Å². The number of para-hydroxylation sites is 1. The van der Waals surface area contributed by atoms with E-state index in [0.29, 0.717) is 22.8 Å². The summed E-state index contributed by atoms with van der Waals surface area (Å²) in [5.41, 5.74) is 2.33. The fourth-order valence-corrected chi connectivity index (χ4v) is 2.86. The van der Waals surface area contributed by atoms with E-state index < -0.39 is 0 Å². The van der Waals surface area contributed by atoms with Crippen molar-refractivity contribution in [3.63, 3.8) is 0 Å². The van der Waals surface area contributed by atoms with Crippen LogP contribution in [0.15, 0.2) is 40.9 Å². The fourth-order valence-electron chi connectivity index (χ4n) is 2.36.